The van der Waals surface area contributed by atoms with Gasteiger partial charge in [-0.25, -0.2) is 0 Å². The zero-order valence-corrected chi connectivity index (χ0v) is 28.0. The van der Waals surface area contributed by atoms with Crippen LogP contribution in [0.4, 0.5) is 0 Å². The first kappa shape index (κ1) is 40.7. The molecule has 252 valence electrons. The van der Waals surface area contributed by atoms with Crippen molar-refractivity contribution in [2.75, 3.05) is 20.2 Å². The summed E-state index contributed by atoms with van der Waals surface area (Å²) in [4.78, 5) is 84.0. The molecule has 1 aromatic rings. The first-order valence-electron chi connectivity index (χ1n) is 14.7. The van der Waals surface area contributed by atoms with Crippen LogP contribution in [-0.2, 0) is 39.9 Å². The van der Waals surface area contributed by atoms with Gasteiger partial charge in [-0.1, -0.05) is 41.5 Å². The molecule has 0 bridgehead atoms. The highest BCUT2D eigenvalue weighted by Crippen LogP contribution is 2.40. The van der Waals surface area contributed by atoms with Crippen molar-refractivity contribution in [2.45, 2.75) is 93.2 Å². The van der Waals surface area contributed by atoms with Crippen LogP contribution in [-0.4, -0.2) is 78.2 Å². The van der Waals surface area contributed by atoms with Gasteiger partial charge in [-0.3, -0.25) is 33.6 Å². The lowest BCUT2D eigenvalue weighted by atomic mass is 9.70. The first-order chi connectivity index (χ1) is 20.8. The third kappa shape index (κ3) is 12.7. The van der Waals surface area contributed by atoms with Crippen LogP contribution >= 0.6 is 0 Å². The van der Waals surface area contributed by atoms with Gasteiger partial charge in [0, 0.05) is 30.4 Å². The summed E-state index contributed by atoms with van der Waals surface area (Å²) in [6, 6.07) is 3.86. The minimum Gasteiger partial charge on any atom is -0.496 e. The topological polar surface area (TPSA) is 194 Å². The molecule has 1 aromatic carbocycles. The van der Waals surface area contributed by atoms with Crippen molar-refractivity contribution < 1.29 is 48.1 Å². The highest BCUT2D eigenvalue weighted by Gasteiger charge is 2.52. The summed E-state index contributed by atoms with van der Waals surface area (Å²) < 4.78 is 10.8. The summed E-state index contributed by atoms with van der Waals surface area (Å²) in [7, 11) is 1.46. The smallest absolute Gasteiger partial charge is 0.303 e. The van der Waals surface area contributed by atoms with Crippen molar-refractivity contribution in [3.05, 3.63) is 29.3 Å². The van der Waals surface area contributed by atoms with Gasteiger partial charge >= 0.3 is 5.97 Å². The molecule has 0 spiro atoms. The average Bonchev–Trinajstić information content (AvgIpc) is 2.95. The fourth-order valence-corrected chi connectivity index (χ4v) is 4.48. The van der Waals surface area contributed by atoms with Gasteiger partial charge in [0.25, 0.3) is 11.9 Å². The molecular weight excluding hydrogens is 586 g/mol. The number of esters is 1. The normalized spacial score (nSPS) is 12.8. The second-order valence-electron chi connectivity index (χ2n) is 11.5. The lowest BCUT2D eigenvalue weighted by Gasteiger charge is -2.43. The van der Waals surface area contributed by atoms with Crippen molar-refractivity contribution in [3.63, 3.8) is 0 Å². The molecule has 0 aliphatic carbocycles. The molecule has 4 N–H and O–H groups in total. The fourth-order valence-electron chi connectivity index (χ4n) is 4.48. The minimum atomic E-state index is -1.46. The van der Waals surface area contributed by atoms with Crippen LogP contribution in [0.25, 0.3) is 0 Å². The van der Waals surface area contributed by atoms with Crippen molar-refractivity contribution in [1.29, 1.82) is 0 Å². The summed E-state index contributed by atoms with van der Waals surface area (Å²) in [5.41, 5.74) is -1.24. The van der Waals surface area contributed by atoms with E-state index in [-0.39, 0.29) is 37.6 Å². The van der Waals surface area contributed by atoms with E-state index in [2.05, 4.69) is 16.0 Å². The van der Waals surface area contributed by atoms with Gasteiger partial charge in [0.2, 0.25) is 11.8 Å². The number of rotatable bonds is 16. The maximum absolute atomic E-state index is 13.1. The zero-order valence-electron chi connectivity index (χ0n) is 28.0. The number of hydrogen-bond acceptors (Lipinski definition) is 9. The van der Waals surface area contributed by atoms with Crippen molar-refractivity contribution in [1.82, 2.24) is 16.0 Å². The summed E-state index contributed by atoms with van der Waals surface area (Å²) >= 11 is 0. The summed E-state index contributed by atoms with van der Waals surface area (Å²) in [6.45, 7) is 13.7. The van der Waals surface area contributed by atoms with E-state index in [9.17, 15) is 28.8 Å². The van der Waals surface area contributed by atoms with E-state index >= 15 is 0 Å². The Kier molecular flexibility index (Phi) is 16.7. The predicted octanol–water partition coefficient (Wildman–Crippen LogP) is 2.62. The van der Waals surface area contributed by atoms with Crippen LogP contribution in [0, 0.1) is 11.3 Å². The number of Topliss-reactive ketones (excluding diaryl/α,β-unsaturated/α-hetero) is 2. The Balaban J connectivity index is 0.00000454. The number of carboxylic acids is 1. The SMILES string of the molecule is CC(=O)O.CCC(C)(C)C(CC)(OC(C)=O)C(=O)NCC(=O)CNC(=O)C(NC(=O)Cc1cc(C(C)=O)ccc1OC)C(C)C. The molecular formula is C32H49N3O10. The van der Waals surface area contributed by atoms with Crippen molar-refractivity contribution >= 4 is 41.2 Å². The van der Waals surface area contributed by atoms with E-state index in [4.69, 9.17) is 19.4 Å². The van der Waals surface area contributed by atoms with E-state index in [0.29, 0.717) is 23.3 Å². The van der Waals surface area contributed by atoms with E-state index < -0.39 is 52.5 Å². The summed E-state index contributed by atoms with van der Waals surface area (Å²) in [5, 5.41) is 15.2. The molecule has 45 heavy (non-hydrogen) atoms. The Labute approximate surface area is 265 Å². The van der Waals surface area contributed by atoms with Gasteiger partial charge in [-0.15, -0.1) is 0 Å². The summed E-state index contributed by atoms with van der Waals surface area (Å²) in [6.07, 6.45) is 0.634. The van der Waals surface area contributed by atoms with Gasteiger partial charge in [0.1, 0.15) is 11.8 Å². The van der Waals surface area contributed by atoms with Crippen molar-refractivity contribution in [3.8, 4) is 5.75 Å². The van der Waals surface area contributed by atoms with Gasteiger partial charge in [0.15, 0.2) is 17.2 Å². The van der Waals surface area contributed by atoms with Crippen molar-refractivity contribution in [2.24, 2.45) is 11.3 Å². The third-order valence-electron chi connectivity index (χ3n) is 7.37. The molecule has 2 unspecified atom stereocenters. The number of ketones is 2. The second kappa shape index (κ2) is 18.5. The highest BCUT2D eigenvalue weighted by atomic mass is 16.6. The maximum atomic E-state index is 13.1. The molecule has 0 saturated heterocycles. The van der Waals surface area contributed by atoms with Crippen LogP contribution < -0.4 is 20.7 Å². The van der Waals surface area contributed by atoms with E-state index in [1.54, 1.807) is 39.0 Å². The number of benzene rings is 1. The van der Waals surface area contributed by atoms with Gasteiger partial charge in [0.05, 0.1) is 26.6 Å². The van der Waals surface area contributed by atoms with Crippen LogP contribution in [0.2, 0.25) is 0 Å². The molecule has 0 aliphatic heterocycles. The van der Waals surface area contributed by atoms with Gasteiger partial charge < -0.3 is 30.5 Å². The number of hydrogen-bond donors (Lipinski definition) is 4. The molecule has 0 aliphatic rings. The van der Waals surface area contributed by atoms with E-state index in [1.165, 1.54) is 21.0 Å². The maximum Gasteiger partial charge on any atom is 0.303 e. The number of aliphatic carboxylic acids is 1. The number of carboxylic acid groups (broad SMARTS) is 1. The molecule has 0 saturated carbocycles. The first-order valence-corrected chi connectivity index (χ1v) is 14.7. The molecule has 2 atom stereocenters. The Morgan fingerprint density at radius 1 is 0.911 bits per heavy atom. The molecule has 0 radical (unpaired) electrons. The Morgan fingerprint density at radius 2 is 1.47 bits per heavy atom. The van der Waals surface area contributed by atoms with Crippen LogP contribution in [0.15, 0.2) is 18.2 Å². The highest BCUT2D eigenvalue weighted by molar-refractivity contribution is 5.96. The van der Waals surface area contributed by atoms with Crippen LogP contribution in [0.1, 0.15) is 91.1 Å². The molecule has 0 fully saturated rings. The number of nitrogens with one attached hydrogen (secondary N) is 3. The number of ether oxygens (including phenoxy) is 2. The standard InChI is InChI=1S/C30H45N3O8.C2H4O2/c1-10-29(7,8)30(11-2,41-20(6)35)28(39)32-17-23(36)16-31-27(38)26(18(3)4)33-25(37)15-22-14-21(19(5)34)12-13-24(22)40-9;1-2(3)4/h12-14,18,26H,10-11,15-17H2,1-9H3,(H,31,38)(H,32,39)(H,33,37);1H3,(H,3,4). The fraction of sp³-hybridized carbons (Fsp3) is 0.594. The van der Waals surface area contributed by atoms with Gasteiger partial charge in [-0.2, -0.15) is 0 Å². The molecule has 1 rings (SSSR count). The number of carbonyl (C=O) groups is 7. The Bertz CT molecular complexity index is 1240. The number of carbonyl (C=O) groups excluding carboxylic acids is 6. The van der Waals surface area contributed by atoms with Gasteiger partial charge in [-0.05, 0) is 43.9 Å². The molecule has 13 nitrogen and oxygen atoms in total. The third-order valence-corrected chi connectivity index (χ3v) is 7.37. The quantitative estimate of drug-likeness (QED) is 0.155. The zero-order chi connectivity index (χ0) is 35.1. The second-order valence-corrected chi connectivity index (χ2v) is 11.5. The van der Waals surface area contributed by atoms with Crippen LogP contribution in [0.5, 0.6) is 5.75 Å². The number of amides is 3. The Hall–Kier alpha value is -4.29. The molecule has 3 amide bonds. The molecule has 13 heteroatoms. The molecule has 0 heterocycles. The van der Waals surface area contributed by atoms with Crippen LogP contribution in [0.3, 0.4) is 0 Å². The van der Waals surface area contributed by atoms with E-state index in [1.807, 2.05) is 20.8 Å². The monoisotopic (exact) mass is 635 g/mol. The molecule has 0 aromatic heterocycles. The summed E-state index contributed by atoms with van der Waals surface area (Å²) in [5.74, 6) is -3.55. The van der Waals surface area contributed by atoms with E-state index in [0.717, 1.165) is 6.92 Å². The predicted molar refractivity (Wildman–Crippen MR) is 167 cm³/mol. The lowest BCUT2D eigenvalue weighted by molar-refractivity contribution is -0.183. The Morgan fingerprint density at radius 3 is 1.91 bits per heavy atom. The average molecular weight is 636 g/mol. The number of methoxy groups -OCH3 is 1. The minimum absolute atomic E-state index is 0.124. The lowest BCUT2D eigenvalue weighted by Crippen LogP contribution is -2.59. The largest absolute Gasteiger partial charge is 0.496 e.